The van der Waals surface area contributed by atoms with Gasteiger partial charge in [-0.05, 0) is 12.8 Å². The molecule has 2 aromatic rings. The van der Waals surface area contributed by atoms with Crippen molar-refractivity contribution in [3.05, 3.63) is 59.7 Å². The van der Waals surface area contributed by atoms with Crippen LogP contribution in [0.1, 0.15) is 24.0 Å². The smallest absolute Gasteiger partial charge is 1.00 e. The van der Waals surface area contributed by atoms with E-state index in [-0.39, 0.29) is 41.9 Å². The van der Waals surface area contributed by atoms with Gasteiger partial charge in [-0.1, -0.05) is 0 Å². The summed E-state index contributed by atoms with van der Waals surface area (Å²) in [5, 5.41) is 0. The van der Waals surface area contributed by atoms with E-state index in [0.29, 0.717) is 0 Å². The minimum Gasteiger partial charge on any atom is -1.00 e. The minimum absolute atomic E-state index is 0. The maximum Gasteiger partial charge on any atom is 2.00 e. The van der Waals surface area contributed by atoms with Gasteiger partial charge >= 0.3 is 17.1 Å². The third-order valence-electron chi connectivity index (χ3n) is 3.49. The van der Waals surface area contributed by atoms with Crippen LogP contribution in [0.4, 0.5) is 0 Å². The normalized spacial score (nSPS) is 10.6. The van der Waals surface area contributed by atoms with Crippen molar-refractivity contribution in [1.82, 2.24) is 0 Å². The Morgan fingerprint density at radius 3 is 1.04 bits per heavy atom. The predicted octanol–water partition coefficient (Wildman–Crippen LogP) is -3.50. The number of halogens is 2. The SMILES string of the molecule is C[N+](C)(C)CCC[c-]1[c-][c-][c-][c-]1.C[N+](C)(C)CCC[c-]1[c-][c-][c-][c-]1.[Cl-].[Cl-].[Fe+2]. The summed E-state index contributed by atoms with van der Waals surface area (Å²) in [7, 11) is 13.2. The predicted molar refractivity (Wildman–Crippen MR) is 97.2 cm³/mol. The van der Waals surface area contributed by atoms with Crippen LogP contribution in [-0.4, -0.2) is 64.3 Å². The second-order valence-electron chi connectivity index (χ2n) is 8.19. The Morgan fingerprint density at radius 1 is 0.556 bits per heavy atom. The van der Waals surface area contributed by atoms with Crippen LogP contribution in [0.5, 0.6) is 0 Å². The first-order valence-electron chi connectivity index (χ1n) is 8.52. The summed E-state index contributed by atoms with van der Waals surface area (Å²) < 4.78 is 2.04. The van der Waals surface area contributed by atoms with Crippen molar-refractivity contribution in [1.29, 1.82) is 0 Å². The van der Waals surface area contributed by atoms with E-state index in [1.807, 2.05) is 0 Å². The first-order chi connectivity index (χ1) is 11.2. The van der Waals surface area contributed by atoms with E-state index < -0.39 is 0 Å². The molecule has 0 bridgehead atoms. The van der Waals surface area contributed by atoms with E-state index in [1.165, 1.54) is 25.9 Å². The first-order valence-corrected chi connectivity index (χ1v) is 8.52. The van der Waals surface area contributed by atoms with Crippen LogP contribution in [0.3, 0.4) is 0 Å². The van der Waals surface area contributed by atoms with Crippen molar-refractivity contribution in [3.63, 3.8) is 0 Å². The van der Waals surface area contributed by atoms with Crippen LogP contribution in [0.15, 0.2) is 0 Å². The monoisotopic (exact) mass is 448 g/mol. The molecule has 2 aromatic carbocycles. The summed E-state index contributed by atoms with van der Waals surface area (Å²) in [6, 6.07) is 23.0. The Bertz CT molecular complexity index is 473. The molecule has 0 aromatic heterocycles. The maximum absolute atomic E-state index is 2.98. The third-order valence-corrected chi connectivity index (χ3v) is 3.49. The summed E-state index contributed by atoms with van der Waals surface area (Å²) in [5.41, 5.74) is 2.23. The zero-order chi connectivity index (χ0) is 18.1. The topological polar surface area (TPSA) is 0 Å². The molecule has 158 valence electrons. The third kappa shape index (κ3) is 18.8. The molecule has 2 rings (SSSR count). The molecule has 0 atom stereocenters. The average molecular weight is 449 g/mol. The van der Waals surface area contributed by atoms with Crippen LogP contribution in [0.2, 0.25) is 0 Å². The fourth-order valence-electron chi connectivity index (χ4n) is 2.20. The van der Waals surface area contributed by atoms with E-state index in [1.54, 1.807) is 0 Å². The molecule has 0 aliphatic rings. The van der Waals surface area contributed by atoms with Gasteiger partial charge in [0.1, 0.15) is 0 Å². The standard InChI is InChI=1S/2C11H15N.2ClH.Fe/c2*1-12(2,3)10-6-9-11-7-4-5-8-11;;;/h2*6,9-10H2,1-3H3;2*1H;/q2*-4;;;+2/p-2. The van der Waals surface area contributed by atoms with E-state index in [4.69, 9.17) is 0 Å². The molecule has 0 saturated heterocycles. The fraction of sp³-hybridized carbons (Fsp3) is 0.545. The van der Waals surface area contributed by atoms with Gasteiger partial charge in [-0.15, -0.1) is 0 Å². The van der Waals surface area contributed by atoms with Gasteiger partial charge in [0.2, 0.25) is 0 Å². The number of quaternary nitrogens is 2. The summed E-state index contributed by atoms with van der Waals surface area (Å²) in [5.74, 6) is 0. The zero-order valence-corrected chi connectivity index (χ0v) is 19.9. The molecule has 27 heavy (non-hydrogen) atoms. The van der Waals surface area contributed by atoms with Gasteiger partial charge in [-0.2, -0.15) is 0 Å². The zero-order valence-electron chi connectivity index (χ0n) is 17.2. The summed E-state index contributed by atoms with van der Waals surface area (Å²) in [6.07, 6.45) is 4.47. The van der Waals surface area contributed by atoms with Gasteiger partial charge in [0, 0.05) is 0 Å². The Morgan fingerprint density at radius 2 is 0.815 bits per heavy atom. The minimum atomic E-state index is 0. The molecular weight excluding hydrogens is 419 g/mol. The van der Waals surface area contributed by atoms with Crippen molar-refractivity contribution in [2.75, 3.05) is 55.4 Å². The van der Waals surface area contributed by atoms with Crippen molar-refractivity contribution in [3.8, 4) is 0 Å². The fourth-order valence-corrected chi connectivity index (χ4v) is 2.20. The summed E-state index contributed by atoms with van der Waals surface area (Å²) >= 11 is 0. The average Bonchev–Trinajstić information content (AvgIpc) is 3.09. The molecule has 0 spiro atoms. The Labute approximate surface area is 191 Å². The van der Waals surface area contributed by atoms with E-state index in [9.17, 15) is 0 Å². The molecule has 0 aliphatic carbocycles. The van der Waals surface area contributed by atoms with Gasteiger partial charge in [-0.25, -0.2) is 12.8 Å². The molecule has 0 radical (unpaired) electrons. The molecule has 0 N–H and O–H groups in total. The second-order valence-corrected chi connectivity index (χ2v) is 8.19. The van der Waals surface area contributed by atoms with Crippen molar-refractivity contribution >= 4 is 0 Å². The number of hydrogen-bond donors (Lipinski definition) is 0. The number of nitrogens with zero attached hydrogens (tertiary/aromatic N) is 2. The van der Waals surface area contributed by atoms with Gasteiger partial charge < -0.3 is 93.4 Å². The molecule has 0 heterocycles. The van der Waals surface area contributed by atoms with Gasteiger partial charge in [0.25, 0.3) is 0 Å². The van der Waals surface area contributed by atoms with E-state index in [0.717, 1.165) is 32.9 Å². The Hall–Kier alpha value is -0.281. The molecule has 0 saturated carbocycles. The quantitative estimate of drug-likeness (QED) is 0.223. The van der Waals surface area contributed by atoms with Gasteiger partial charge in [0.05, 0.1) is 55.4 Å². The molecule has 0 aliphatic heterocycles. The van der Waals surface area contributed by atoms with E-state index in [2.05, 4.69) is 90.8 Å². The number of rotatable bonds is 8. The van der Waals surface area contributed by atoms with Crippen LogP contribution in [0, 0.1) is 48.5 Å². The molecule has 0 unspecified atom stereocenters. The number of hydrogen-bond acceptors (Lipinski definition) is 0. The van der Waals surface area contributed by atoms with Crippen molar-refractivity contribution < 1.29 is 50.8 Å². The van der Waals surface area contributed by atoms with Crippen LogP contribution < -0.4 is 24.8 Å². The second kappa shape index (κ2) is 15.6. The maximum atomic E-state index is 2.98. The summed E-state index contributed by atoms with van der Waals surface area (Å²) in [4.78, 5) is 0. The molecule has 5 heteroatoms. The van der Waals surface area contributed by atoms with Gasteiger partial charge in [-0.3, -0.25) is 0 Å². The van der Waals surface area contributed by atoms with Crippen molar-refractivity contribution in [2.45, 2.75) is 25.7 Å². The van der Waals surface area contributed by atoms with Crippen molar-refractivity contribution in [2.24, 2.45) is 0 Å². The molecule has 0 amide bonds. The molecule has 0 fully saturated rings. The van der Waals surface area contributed by atoms with Crippen LogP contribution in [0.25, 0.3) is 0 Å². The summed E-state index contributed by atoms with van der Waals surface area (Å²) in [6.45, 7) is 2.37. The molecular formula is C22H30Cl2FeN2-8. The Balaban J connectivity index is -0.000000384. The Kier molecular flexibility index (Phi) is 18.2. The molecule has 2 nitrogen and oxygen atoms in total. The van der Waals surface area contributed by atoms with Crippen LogP contribution >= 0.6 is 0 Å². The van der Waals surface area contributed by atoms with Crippen LogP contribution in [-0.2, 0) is 29.9 Å². The largest absolute Gasteiger partial charge is 2.00 e. The first kappa shape index (κ1) is 31.4. The van der Waals surface area contributed by atoms with E-state index >= 15 is 0 Å². The van der Waals surface area contributed by atoms with Gasteiger partial charge in [0.15, 0.2) is 0 Å². The number of aryl methyl sites for hydroxylation is 2.